The van der Waals surface area contributed by atoms with Crippen molar-refractivity contribution in [3.63, 3.8) is 0 Å². The molecule has 1 fully saturated rings. The number of carbonyl (C=O) groups excluding carboxylic acids is 1. The van der Waals surface area contributed by atoms with Gasteiger partial charge >= 0.3 is 6.09 Å². The SMILES string of the molecule is CCOC(=O)N[C@@H]1CS(=O)(=O)C[C@H]1NS(=O)(=O)c1cc(OC)ccc1OC. The normalized spacial score (nSPS) is 21.4. The number of hydrogen-bond donors (Lipinski definition) is 2. The highest BCUT2D eigenvalue weighted by Crippen LogP contribution is 2.29. The Morgan fingerprint density at radius 1 is 1.19 bits per heavy atom. The molecule has 1 heterocycles. The zero-order valence-corrected chi connectivity index (χ0v) is 16.7. The lowest BCUT2D eigenvalue weighted by Gasteiger charge is -2.21. The molecule has 1 aromatic rings. The number of carbonyl (C=O) groups is 1. The van der Waals surface area contributed by atoms with Gasteiger partial charge in [0.2, 0.25) is 10.0 Å². The van der Waals surface area contributed by atoms with Crippen LogP contribution < -0.4 is 19.5 Å². The van der Waals surface area contributed by atoms with Crippen LogP contribution in [0.15, 0.2) is 23.1 Å². The summed E-state index contributed by atoms with van der Waals surface area (Å²) < 4.78 is 66.8. The van der Waals surface area contributed by atoms with E-state index in [9.17, 15) is 21.6 Å². The van der Waals surface area contributed by atoms with Gasteiger partial charge in [0, 0.05) is 6.07 Å². The second-order valence-corrected chi connectivity index (χ2v) is 9.63. The second kappa shape index (κ2) is 8.31. The molecule has 2 atom stereocenters. The number of hydrogen-bond acceptors (Lipinski definition) is 8. The molecule has 2 N–H and O–H groups in total. The van der Waals surface area contributed by atoms with E-state index in [-0.39, 0.29) is 23.0 Å². The van der Waals surface area contributed by atoms with E-state index < -0.39 is 49.5 Å². The van der Waals surface area contributed by atoms with Crippen LogP contribution in [0.1, 0.15) is 6.92 Å². The van der Waals surface area contributed by atoms with Crippen LogP contribution in [-0.2, 0) is 24.6 Å². The molecule has 152 valence electrons. The number of sulfonamides is 1. The fourth-order valence-electron chi connectivity index (χ4n) is 2.69. The molecule has 0 unspecified atom stereocenters. The van der Waals surface area contributed by atoms with Crippen molar-refractivity contribution in [2.75, 3.05) is 32.3 Å². The summed E-state index contributed by atoms with van der Waals surface area (Å²) in [6.07, 6.45) is -0.817. The van der Waals surface area contributed by atoms with Gasteiger partial charge in [0.15, 0.2) is 9.84 Å². The number of nitrogens with one attached hydrogen (secondary N) is 2. The smallest absolute Gasteiger partial charge is 0.407 e. The van der Waals surface area contributed by atoms with Crippen LogP contribution >= 0.6 is 0 Å². The Balaban J connectivity index is 2.30. The highest BCUT2D eigenvalue weighted by Gasteiger charge is 2.41. The van der Waals surface area contributed by atoms with Gasteiger partial charge in [-0.3, -0.25) is 0 Å². The molecule has 1 aliphatic heterocycles. The predicted molar refractivity (Wildman–Crippen MR) is 96.3 cm³/mol. The van der Waals surface area contributed by atoms with Crippen molar-refractivity contribution in [3.8, 4) is 11.5 Å². The molecule has 0 radical (unpaired) electrons. The van der Waals surface area contributed by atoms with Crippen LogP contribution in [0.25, 0.3) is 0 Å². The number of methoxy groups -OCH3 is 2. The van der Waals surface area contributed by atoms with Gasteiger partial charge < -0.3 is 19.5 Å². The second-order valence-electron chi connectivity index (χ2n) is 5.79. The Kier molecular flexibility index (Phi) is 6.54. The summed E-state index contributed by atoms with van der Waals surface area (Å²) in [5.74, 6) is -0.487. The first kappa shape index (κ1) is 21.3. The topological polar surface area (TPSA) is 137 Å². The average molecular weight is 422 g/mol. The molecular weight excluding hydrogens is 400 g/mol. The molecule has 0 saturated carbocycles. The average Bonchev–Trinajstić information content (AvgIpc) is 2.86. The van der Waals surface area contributed by atoms with Gasteiger partial charge in [0.05, 0.1) is 44.4 Å². The zero-order valence-electron chi connectivity index (χ0n) is 15.1. The highest BCUT2D eigenvalue weighted by atomic mass is 32.2. The fraction of sp³-hybridized carbons (Fsp3) is 0.533. The lowest BCUT2D eigenvalue weighted by Crippen LogP contribution is -2.51. The minimum absolute atomic E-state index is 0.0686. The predicted octanol–water partition coefficient (Wildman–Crippen LogP) is -0.106. The number of ether oxygens (including phenoxy) is 3. The van der Waals surface area contributed by atoms with Crippen molar-refractivity contribution in [1.82, 2.24) is 10.0 Å². The largest absolute Gasteiger partial charge is 0.497 e. The van der Waals surface area contributed by atoms with E-state index >= 15 is 0 Å². The molecular formula is C15H22N2O8S2. The van der Waals surface area contributed by atoms with Crippen LogP contribution in [0.4, 0.5) is 4.79 Å². The van der Waals surface area contributed by atoms with Crippen LogP contribution in [0.3, 0.4) is 0 Å². The molecule has 1 saturated heterocycles. The Labute approximate surface area is 158 Å². The third-order valence-corrected chi connectivity index (χ3v) is 7.14. The van der Waals surface area contributed by atoms with Crippen molar-refractivity contribution >= 4 is 26.0 Å². The van der Waals surface area contributed by atoms with Gasteiger partial charge in [-0.15, -0.1) is 0 Å². The lowest BCUT2D eigenvalue weighted by atomic mass is 10.2. The summed E-state index contributed by atoms with van der Waals surface area (Å²) in [5, 5.41) is 2.39. The van der Waals surface area contributed by atoms with Crippen LogP contribution in [0.2, 0.25) is 0 Å². The van der Waals surface area contributed by atoms with Gasteiger partial charge in [-0.2, -0.15) is 0 Å². The summed E-state index contributed by atoms with van der Waals surface area (Å²) >= 11 is 0. The fourth-order valence-corrected chi connectivity index (χ4v) is 6.11. The molecule has 0 bridgehead atoms. The van der Waals surface area contributed by atoms with Crippen LogP contribution in [-0.4, -0.2) is 67.3 Å². The molecule has 0 aromatic heterocycles. The van der Waals surface area contributed by atoms with Crippen LogP contribution in [0, 0.1) is 0 Å². The van der Waals surface area contributed by atoms with E-state index in [1.54, 1.807) is 6.92 Å². The third kappa shape index (κ3) is 5.23. The summed E-state index contributed by atoms with van der Waals surface area (Å²) in [6.45, 7) is 1.70. The molecule has 10 nitrogen and oxygen atoms in total. The van der Waals surface area contributed by atoms with Gasteiger partial charge in [0.25, 0.3) is 0 Å². The summed E-state index contributed by atoms with van der Waals surface area (Å²) in [5.41, 5.74) is 0. The van der Waals surface area contributed by atoms with Crippen molar-refractivity contribution in [2.45, 2.75) is 23.9 Å². The molecule has 0 aliphatic carbocycles. The van der Waals surface area contributed by atoms with Crippen molar-refractivity contribution in [2.24, 2.45) is 0 Å². The maximum Gasteiger partial charge on any atom is 0.407 e. The minimum atomic E-state index is -4.16. The number of benzene rings is 1. The molecule has 0 spiro atoms. The lowest BCUT2D eigenvalue weighted by molar-refractivity contribution is 0.148. The first-order chi connectivity index (χ1) is 12.6. The molecule has 1 aliphatic rings. The van der Waals surface area contributed by atoms with E-state index in [1.165, 1.54) is 32.4 Å². The Morgan fingerprint density at radius 2 is 1.85 bits per heavy atom. The van der Waals surface area contributed by atoms with E-state index in [1.807, 2.05) is 0 Å². The number of alkyl carbamates (subject to hydrolysis) is 1. The molecule has 12 heteroatoms. The van der Waals surface area contributed by atoms with Gasteiger partial charge in [-0.05, 0) is 19.1 Å². The molecule has 1 amide bonds. The number of sulfone groups is 1. The van der Waals surface area contributed by atoms with E-state index in [0.29, 0.717) is 0 Å². The monoisotopic (exact) mass is 422 g/mol. The number of rotatable bonds is 7. The van der Waals surface area contributed by atoms with Gasteiger partial charge in [-0.1, -0.05) is 0 Å². The third-order valence-electron chi connectivity index (χ3n) is 3.90. The number of amides is 1. The Hall–Kier alpha value is -2.05. The highest BCUT2D eigenvalue weighted by molar-refractivity contribution is 7.92. The first-order valence-electron chi connectivity index (χ1n) is 8.00. The summed E-state index contributed by atoms with van der Waals surface area (Å²) in [6, 6.07) is 2.20. The molecule has 2 rings (SSSR count). The van der Waals surface area contributed by atoms with Crippen LogP contribution in [0.5, 0.6) is 11.5 Å². The zero-order chi connectivity index (χ0) is 20.2. The van der Waals surface area contributed by atoms with Crippen molar-refractivity contribution in [1.29, 1.82) is 0 Å². The minimum Gasteiger partial charge on any atom is -0.497 e. The van der Waals surface area contributed by atoms with Gasteiger partial charge in [-0.25, -0.2) is 26.4 Å². The maximum atomic E-state index is 12.8. The maximum absolute atomic E-state index is 12.8. The summed E-state index contributed by atoms with van der Waals surface area (Å²) in [4.78, 5) is 11.4. The quantitative estimate of drug-likeness (QED) is 0.621. The Morgan fingerprint density at radius 3 is 2.44 bits per heavy atom. The standard InChI is InChI=1S/C15H22N2O8S2/c1-4-25-15(18)16-11-8-26(19,20)9-12(11)17-27(21,22)14-7-10(23-2)5-6-13(14)24-3/h5-7,11-12,17H,4,8-9H2,1-3H3,(H,16,18)/t11-,12-/m1/s1. The Bertz CT molecular complexity index is 898. The van der Waals surface area contributed by atoms with Gasteiger partial charge in [0.1, 0.15) is 16.4 Å². The summed E-state index contributed by atoms with van der Waals surface area (Å²) in [7, 11) is -5.01. The van der Waals surface area contributed by atoms with Crippen molar-refractivity contribution < 1.29 is 35.8 Å². The van der Waals surface area contributed by atoms with E-state index in [0.717, 1.165) is 0 Å². The van der Waals surface area contributed by atoms with E-state index in [2.05, 4.69) is 10.0 Å². The molecule has 1 aromatic carbocycles. The first-order valence-corrected chi connectivity index (χ1v) is 11.3. The molecule has 27 heavy (non-hydrogen) atoms. The van der Waals surface area contributed by atoms with E-state index in [4.69, 9.17) is 14.2 Å². The van der Waals surface area contributed by atoms with Crippen molar-refractivity contribution in [3.05, 3.63) is 18.2 Å².